The molecule has 132 valence electrons. The summed E-state index contributed by atoms with van der Waals surface area (Å²) in [6.45, 7) is 2.87. The average Bonchev–Trinajstić information content (AvgIpc) is 3.12. The largest absolute Gasteiger partial charge is 0.489 e. The van der Waals surface area contributed by atoms with E-state index in [9.17, 15) is 0 Å². The molecular weight excluding hydrogens is 328 g/mol. The van der Waals surface area contributed by atoms with E-state index in [1.165, 1.54) is 5.56 Å². The Morgan fingerprint density at radius 2 is 1.77 bits per heavy atom. The summed E-state index contributed by atoms with van der Waals surface area (Å²) >= 11 is 0. The van der Waals surface area contributed by atoms with Gasteiger partial charge in [-0.05, 0) is 36.2 Å². The Hall–Kier alpha value is -2.99. The zero-order valence-corrected chi connectivity index (χ0v) is 14.4. The van der Waals surface area contributed by atoms with Crippen LogP contribution in [0.4, 0.5) is 0 Å². The lowest BCUT2D eigenvalue weighted by Crippen LogP contribution is -2.24. The van der Waals surface area contributed by atoms with Crippen LogP contribution in [0.25, 0.3) is 0 Å². The predicted molar refractivity (Wildman–Crippen MR) is 97.1 cm³/mol. The minimum Gasteiger partial charge on any atom is -0.489 e. The van der Waals surface area contributed by atoms with Crippen LogP contribution in [0.2, 0.25) is 0 Å². The molecule has 1 aromatic carbocycles. The van der Waals surface area contributed by atoms with E-state index in [0.29, 0.717) is 5.88 Å². The molecule has 0 saturated carbocycles. The fraction of sp³-hybridized carbons (Fsp3) is 0.250. The molecule has 1 saturated heterocycles. The van der Waals surface area contributed by atoms with E-state index >= 15 is 0 Å². The van der Waals surface area contributed by atoms with Gasteiger partial charge in [-0.2, -0.15) is 0 Å². The molecule has 3 heterocycles. The highest BCUT2D eigenvalue weighted by Gasteiger charge is 2.23. The Labute approximate surface area is 152 Å². The smallest absolute Gasteiger partial charge is 0.237 e. The molecule has 0 unspecified atom stereocenters. The first-order valence-corrected chi connectivity index (χ1v) is 8.67. The molecule has 1 atom stereocenters. The normalized spacial score (nSPS) is 17.2. The van der Waals surface area contributed by atoms with Crippen LogP contribution in [-0.4, -0.2) is 39.0 Å². The molecule has 0 aliphatic carbocycles. The third-order valence-corrected chi connectivity index (χ3v) is 4.27. The molecule has 2 aromatic heterocycles. The van der Waals surface area contributed by atoms with E-state index in [4.69, 9.17) is 9.47 Å². The number of aromatic nitrogens is 3. The summed E-state index contributed by atoms with van der Waals surface area (Å²) in [6, 6.07) is 11.9. The van der Waals surface area contributed by atoms with Crippen molar-refractivity contribution in [3.8, 4) is 17.4 Å². The highest BCUT2D eigenvalue weighted by atomic mass is 16.5. The Morgan fingerprint density at radius 3 is 2.54 bits per heavy atom. The van der Waals surface area contributed by atoms with E-state index in [1.807, 2.05) is 24.3 Å². The van der Waals surface area contributed by atoms with Crippen molar-refractivity contribution in [2.45, 2.75) is 19.1 Å². The molecule has 0 bridgehead atoms. The SMILES string of the molecule is c1cc(O[C@@H]2CCN(Cc3ccc(Oc4cnccn4)cc3)C2)ccn1. The molecule has 0 radical (unpaired) electrons. The van der Waals surface area contributed by atoms with Crippen LogP contribution in [0.3, 0.4) is 0 Å². The predicted octanol–water partition coefficient (Wildman–Crippen LogP) is 3.32. The Bertz CT molecular complexity index is 812. The number of pyridine rings is 1. The van der Waals surface area contributed by atoms with Crippen molar-refractivity contribution in [1.29, 1.82) is 0 Å². The van der Waals surface area contributed by atoms with Gasteiger partial charge < -0.3 is 9.47 Å². The minimum atomic E-state index is 0.233. The van der Waals surface area contributed by atoms with Crippen molar-refractivity contribution in [3.63, 3.8) is 0 Å². The third kappa shape index (κ3) is 4.34. The lowest BCUT2D eigenvalue weighted by atomic mass is 10.2. The summed E-state index contributed by atoms with van der Waals surface area (Å²) in [5.41, 5.74) is 1.25. The van der Waals surface area contributed by atoms with Gasteiger partial charge in [0.2, 0.25) is 5.88 Å². The van der Waals surface area contributed by atoms with E-state index in [-0.39, 0.29) is 6.10 Å². The van der Waals surface area contributed by atoms with E-state index < -0.39 is 0 Å². The number of likely N-dealkylation sites (tertiary alicyclic amines) is 1. The van der Waals surface area contributed by atoms with Crippen molar-refractivity contribution in [2.24, 2.45) is 0 Å². The van der Waals surface area contributed by atoms with Gasteiger partial charge in [0.15, 0.2) is 0 Å². The molecular formula is C20H20N4O2. The van der Waals surface area contributed by atoms with Crippen LogP contribution in [0, 0.1) is 0 Å². The molecule has 6 nitrogen and oxygen atoms in total. The Morgan fingerprint density at radius 1 is 0.923 bits per heavy atom. The van der Waals surface area contributed by atoms with Crippen molar-refractivity contribution in [3.05, 3.63) is 72.9 Å². The van der Waals surface area contributed by atoms with Gasteiger partial charge in [-0.25, -0.2) is 4.98 Å². The van der Waals surface area contributed by atoms with Crippen molar-refractivity contribution < 1.29 is 9.47 Å². The zero-order chi connectivity index (χ0) is 17.6. The Balaban J connectivity index is 1.29. The van der Waals surface area contributed by atoms with Gasteiger partial charge in [-0.3, -0.25) is 14.9 Å². The maximum Gasteiger partial charge on any atom is 0.237 e. The van der Waals surface area contributed by atoms with Gasteiger partial charge in [-0.1, -0.05) is 12.1 Å². The zero-order valence-electron chi connectivity index (χ0n) is 14.4. The summed E-state index contributed by atoms with van der Waals surface area (Å²) < 4.78 is 11.7. The summed E-state index contributed by atoms with van der Waals surface area (Å²) in [5.74, 6) is 2.14. The van der Waals surface area contributed by atoms with Crippen LogP contribution in [-0.2, 0) is 6.54 Å². The van der Waals surface area contributed by atoms with E-state index in [2.05, 4.69) is 32.0 Å². The second-order valence-electron chi connectivity index (χ2n) is 6.24. The van der Waals surface area contributed by atoms with Gasteiger partial charge in [-0.15, -0.1) is 0 Å². The summed E-state index contributed by atoms with van der Waals surface area (Å²) in [6.07, 6.45) is 9.62. The average molecular weight is 348 g/mol. The van der Waals surface area contributed by atoms with Gasteiger partial charge in [0, 0.05) is 44.4 Å². The number of hydrogen-bond donors (Lipinski definition) is 0. The van der Waals surface area contributed by atoms with Crippen LogP contribution < -0.4 is 9.47 Å². The molecule has 1 fully saturated rings. The van der Waals surface area contributed by atoms with Crippen LogP contribution in [0.1, 0.15) is 12.0 Å². The van der Waals surface area contributed by atoms with Gasteiger partial charge >= 0.3 is 0 Å². The fourth-order valence-electron chi connectivity index (χ4n) is 3.03. The second kappa shape index (κ2) is 7.93. The van der Waals surface area contributed by atoms with Crippen LogP contribution >= 0.6 is 0 Å². The maximum atomic E-state index is 6.01. The number of nitrogens with zero attached hydrogens (tertiary/aromatic N) is 4. The van der Waals surface area contributed by atoms with Gasteiger partial charge in [0.25, 0.3) is 0 Å². The molecule has 0 amide bonds. The van der Waals surface area contributed by atoms with Crippen molar-refractivity contribution in [2.75, 3.05) is 13.1 Å². The molecule has 0 spiro atoms. The molecule has 4 rings (SSSR count). The fourth-order valence-corrected chi connectivity index (χ4v) is 3.03. The van der Waals surface area contributed by atoms with Crippen molar-refractivity contribution in [1.82, 2.24) is 19.9 Å². The van der Waals surface area contributed by atoms with Gasteiger partial charge in [0.05, 0.1) is 6.20 Å². The Kier molecular flexibility index (Phi) is 5.02. The molecule has 26 heavy (non-hydrogen) atoms. The molecule has 0 N–H and O–H groups in total. The first kappa shape index (κ1) is 16.5. The molecule has 1 aliphatic rings. The monoisotopic (exact) mass is 348 g/mol. The standard InChI is InChI=1S/C20H20N4O2/c1-3-17(26-20-13-22-10-11-23-20)4-2-16(1)14-24-12-7-19(15-24)25-18-5-8-21-9-6-18/h1-6,8-11,13,19H,7,12,14-15H2/t19-/m1/s1. The van der Waals surface area contributed by atoms with E-state index in [1.54, 1.807) is 31.0 Å². The number of ether oxygens (including phenoxy) is 2. The maximum absolute atomic E-state index is 6.01. The lowest BCUT2D eigenvalue weighted by Gasteiger charge is -2.17. The number of hydrogen-bond acceptors (Lipinski definition) is 6. The first-order valence-electron chi connectivity index (χ1n) is 8.67. The van der Waals surface area contributed by atoms with Crippen LogP contribution in [0.5, 0.6) is 17.4 Å². The molecule has 6 heteroatoms. The minimum absolute atomic E-state index is 0.233. The summed E-state index contributed by atoms with van der Waals surface area (Å²) in [4.78, 5) is 14.5. The quantitative estimate of drug-likeness (QED) is 0.681. The highest BCUT2D eigenvalue weighted by Crippen LogP contribution is 2.22. The van der Waals surface area contributed by atoms with Crippen LogP contribution in [0.15, 0.2) is 67.4 Å². The van der Waals surface area contributed by atoms with Crippen molar-refractivity contribution >= 4 is 0 Å². The number of benzene rings is 1. The third-order valence-electron chi connectivity index (χ3n) is 4.27. The molecule has 3 aromatic rings. The number of rotatable bonds is 6. The van der Waals surface area contributed by atoms with E-state index in [0.717, 1.165) is 37.6 Å². The first-order chi connectivity index (χ1) is 12.8. The summed E-state index contributed by atoms with van der Waals surface area (Å²) in [5, 5.41) is 0. The second-order valence-corrected chi connectivity index (χ2v) is 6.24. The van der Waals surface area contributed by atoms with Gasteiger partial charge in [0.1, 0.15) is 17.6 Å². The lowest BCUT2D eigenvalue weighted by molar-refractivity contribution is 0.198. The highest BCUT2D eigenvalue weighted by molar-refractivity contribution is 5.30. The molecule has 1 aliphatic heterocycles. The summed E-state index contributed by atoms with van der Waals surface area (Å²) in [7, 11) is 0. The topological polar surface area (TPSA) is 60.4 Å².